The number of rotatable bonds is 8. The Kier molecular flexibility index (Phi) is 7.36. The maximum Gasteiger partial charge on any atom is 0.412 e. The maximum absolute atomic E-state index is 12.0. The van der Waals surface area contributed by atoms with E-state index in [-0.39, 0.29) is 37.6 Å². The molecule has 0 spiro atoms. The Morgan fingerprint density at radius 3 is 2.19 bits per heavy atom. The van der Waals surface area contributed by atoms with Crippen LogP contribution in [0.15, 0.2) is 54.6 Å². The van der Waals surface area contributed by atoms with E-state index in [0.717, 1.165) is 5.56 Å². The molecule has 0 aliphatic heterocycles. The van der Waals surface area contributed by atoms with E-state index in [0.29, 0.717) is 11.3 Å². The van der Waals surface area contributed by atoms with Gasteiger partial charge in [0.25, 0.3) is 0 Å². The second-order valence-electron chi connectivity index (χ2n) is 5.77. The number of hydrogen-bond donors (Lipinski definition) is 2. The van der Waals surface area contributed by atoms with Gasteiger partial charge in [0.2, 0.25) is 5.91 Å². The fraction of sp³-hybridized carbons (Fsp3) is 0.250. The normalized spacial score (nSPS) is 10.0. The van der Waals surface area contributed by atoms with Crippen LogP contribution in [-0.2, 0) is 4.79 Å². The Bertz CT molecular complexity index is 742. The van der Waals surface area contributed by atoms with Crippen LogP contribution in [-0.4, -0.2) is 30.9 Å². The summed E-state index contributed by atoms with van der Waals surface area (Å²) in [6.07, 6.45) is -0.320. The van der Waals surface area contributed by atoms with Gasteiger partial charge in [-0.3, -0.25) is 9.59 Å². The van der Waals surface area contributed by atoms with Crippen LogP contribution in [0.25, 0.3) is 0 Å². The first-order valence-electron chi connectivity index (χ1n) is 8.42. The first-order valence-corrected chi connectivity index (χ1v) is 8.42. The number of nitrogens with one attached hydrogen (secondary N) is 2. The second kappa shape index (κ2) is 9.98. The highest BCUT2D eigenvalue weighted by molar-refractivity contribution is 5.97. The van der Waals surface area contributed by atoms with Crippen molar-refractivity contribution in [1.82, 2.24) is 10.6 Å². The lowest BCUT2D eigenvalue weighted by Gasteiger charge is -2.08. The smallest absolute Gasteiger partial charge is 0.410 e. The predicted octanol–water partition coefficient (Wildman–Crippen LogP) is 2.86. The summed E-state index contributed by atoms with van der Waals surface area (Å²) < 4.78 is 5.05. The number of para-hydroxylation sites is 1. The van der Waals surface area contributed by atoms with Gasteiger partial charge in [-0.15, -0.1) is 0 Å². The summed E-state index contributed by atoms with van der Waals surface area (Å²) in [5, 5.41) is 5.20. The van der Waals surface area contributed by atoms with Crippen LogP contribution in [0.1, 0.15) is 28.8 Å². The van der Waals surface area contributed by atoms with Crippen molar-refractivity contribution in [3.05, 3.63) is 65.7 Å². The van der Waals surface area contributed by atoms with Crippen LogP contribution in [0.5, 0.6) is 5.75 Å². The van der Waals surface area contributed by atoms with Crippen LogP contribution in [0.2, 0.25) is 0 Å². The molecule has 0 radical (unpaired) electrons. The summed E-state index contributed by atoms with van der Waals surface area (Å²) in [5.74, 6) is 0.150. The summed E-state index contributed by atoms with van der Waals surface area (Å²) in [6, 6.07) is 16.0. The SMILES string of the molecule is Cc1ccc(C(=O)CCC(=O)NCCNC(=O)Oc2ccccc2)cc1. The molecule has 0 bridgehead atoms. The highest BCUT2D eigenvalue weighted by Crippen LogP contribution is 2.08. The van der Waals surface area contributed by atoms with E-state index in [1.807, 2.05) is 25.1 Å². The molecule has 26 heavy (non-hydrogen) atoms. The van der Waals surface area contributed by atoms with Crippen molar-refractivity contribution in [2.45, 2.75) is 19.8 Å². The Labute approximate surface area is 152 Å². The Morgan fingerprint density at radius 2 is 1.50 bits per heavy atom. The monoisotopic (exact) mass is 354 g/mol. The first-order chi connectivity index (χ1) is 12.5. The Hall–Kier alpha value is -3.15. The maximum atomic E-state index is 12.0. The largest absolute Gasteiger partial charge is 0.412 e. The van der Waals surface area contributed by atoms with Crippen LogP contribution < -0.4 is 15.4 Å². The molecular formula is C20H22N2O4. The molecule has 2 aromatic carbocycles. The standard InChI is InChI=1S/C20H22N2O4/c1-15-7-9-16(10-8-15)18(23)11-12-19(24)21-13-14-22-20(25)26-17-5-3-2-4-6-17/h2-10H,11-14H2,1H3,(H,21,24)(H,22,25). The summed E-state index contributed by atoms with van der Waals surface area (Å²) in [6.45, 7) is 2.45. The molecule has 0 aliphatic carbocycles. The van der Waals surface area contributed by atoms with Crippen molar-refractivity contribution in [2.75, 3.05) is 13.1 Å². The molecule has 2 rings (SSSR count). The van der Waals surface area contributed by atoms with Gasteiger partial charge >= 0.3 is 6.09 Å². The van der Waals surface area contributed by atoms with E-state index >= 15 is 0 Å². The quantitative estimate of drug-likeness (QED) is 0.564. The topological polar surface area (TPSA) is 84.5 Å². The van der Waals surface area contributed by atoms with E-state index in [1.54, 1.807) is 36.4 Å². The summed E-state index contributed by atoms with van der Waals surface area (Å²) in [7, 11) is 0. The van der Waals surface area contributed by atoms with Crippen LogP contribution in [0.4, 0.5) is 4.79 Å². The van der Waals surface area contributed by atoms with E-state index in [1.165, 1.54) is 0 Å². The van der Waals surface area contributed by atoms with Crippen molar-refractivity contribution in [2.24, 2.45) is 0 Å². The van der Waals surface area contributed by atoms with Crippen molar-refractivity contribution in [1.29, 1.82) is 0 Å². The van der Waals surface area contributed by atoms with Crippen LogP contribution in [0.3, 0.4) is 0 Å². The van der Waals surface area contributed by atoms with E-state index in [2.05, 4.69) is 10.6 Å². The number of carbonyl (C=O) groups is 3. The summed E-state index contributed by atoms with van der Waals surface area (Å²) >= 11 is 0. The zero-order valence-electron chi connectivity index (χ0n) is 14.7. The molecule has 2 amide bonds. The lowest BCUT2D eigenvalue weighted by molar-refractivity contribution is -0.121. The van der Waals surface area contributed by atoms with E-state index in [4.69, 9.17) is 4.74 Å². The number of ketones is 1. The molecule has 2 N–H and O–H groups in total. The number of aryl methyl sites for hydroxylation is 1. The Morgan fingerprint density at radius 1 is 0.846 bits per heavy atom. The average molecular weight is 354 g/mol. The van der Waals surface area contributed by atoms with Gasteiger partial charge in [0.05, 0.1) is 0 Å². The summed E-state index contributed by atoms with van der Waals surface area (Å²) in [5.41, 5.74) is 1.69. The molecule has 6 heteroatoms. The van der Waals surface area contributed by atoms with Crippen molar-refractivity contribution < 1.29 is 19.1 Å². The zero-order chi connectivity index (χ0) is 18.8. The number of hydrogen-bond acceptors (Lipinski definition) is 4. The minimum absolute atomic E-state index is 0.0651. The molecule has 0 aliphatic rings. The van der Waals surface area contributed by atoms with Gasteiger partial charge in [0, 0.05) is 31.5 Å². The van der Waals surface area contributed by atoms with Crippen molar-refractivity contribution in [3.8, 4) is 5.75 Å². The summed E-state index contributed by atoms with van der Waals surface area (Å²) in [4.78, 5) is 35.3. The molecule has 6 nitrogen and oxygen atoms in total. The van der Waals surface area contributed by atoms with Gasteiger partial charge in [-0.25, -0.2) is 4.79 Å². The third kappa shape index (κ3) is 6.76. The number of benzene rings is 2. The van der Waals surface area contributed by atoms with Gasteiger partial charge in [-0.1, -0.05) is 48.0 Å². The number of ether oxygens (including phenoxy) is 1. The second-order valence-corrected chi connectivity index (χ2v) is 5.77. The minimum Gasteiger partial charge on any atom is -0.410 e. The lowest BCUT2D eigenvalue weighted by Crippen LogP contribution is -2.36. The molecule has 136 valence electrons. The van der Waals surface area contributed by atoms with Gasteiger partial charge < -0.3 is 15.4 Å². The molecule has 0 saturated heterocycles. The Balaban J connectivity index is 1.59. The molecule has 0 saturated carbocycles. The predicted molar refractivity (Wildman–Crippen MR) is 98.2 cm³/mol. The van der Waals surface area contributed by atoms with Crippen molar-refractivity contribution >= 4 is 17.8 Å². The van der Waals surface area contributed by atoms with Gasteiger partial charge in [0.15, 0.2) is 5.78 Å². The average Bonchev–Trinajstić information content (AvgIpc) is 2.64. The van der Waals surface area contributed by atoms with Gasteiger partial charge in [-0.2, -0.15) is 0 Å². The van der Waals surface area contributed by atoms with Crippen molar-refractivity contribution in [3.63, 3.8) is 0 Å². The zero-order valence-corrected chi connectivity index (χ0v) is 14.7. The fourth-order valence-electron chi connectivity index (χ4n) is 2.20. The highest BCUT2D eigenvalue weighted by atomic mass is 16.6. The van der Waals surface area contributed by atoms with Crippen LogP contribution >= 0.6 is 0 Å². The molecule has 0 atom stereocenters. The van der Waals surface area contributed by atoms with Crippen LogP contribution in [0, 0.1) is 6.92 Å². The molecular weight excluding hydrogens is 332 g/mol. The lowest BCUT2D eigenvalue weighted by atomic mass is 10.1. The highest BCUT2D eigenvalue weighted by Gasteiger charge is 2.09. The molecule has 2 aromatic rings. The van der Waals surface area contributed by atoms with E-state index in [9.17, 15) is 14.4 Å². The minimum atomic E-state index is -0.583. The number of Topliss-reactive ketones (excluding diaryl/α,β-unsaturated/α-hetero) is 1. The fourth-order valence-corrected chi connectivity index (χ4v) is 2.20. The first kappa shape index (κ1) is 19.2. The van der Waals surface area contributed by atoms with Gasteiger partial charge in [0.1, 0.15) is 5.75 Å². The molecule has 0 aromatic heterocycles. The number of amides is 2. The third-order valence-corrected chi connectivity index (χ3v) is 3.62. The van der Waals surface area contributed by atoms with E-state index < -0.39 is 6.09 Å². The van der Waals surface area contributed by atoms with Gasteiger partial charge in [-0.05, 0) is 19.1 Å². The number of carbonyl (C=O) groups excluding carboxylic acids is 3. The third-order valence-electron chi connectivity index (χ3n) is 3.62. The molecule has 0 fully saturated rings. The molecule has 0 heterocycles. The molecule has 0 unspecified atom stereocenters.